The normalized spacial score (nSPS) is 28.9. The summed E-state index contributed by atoms with van der Waals surface area (Å²) in [6.45, 7) is 4.12. The average Bonchev–Trinajstić information content (AvgIpc) is 3.08. The Hall–Kier alpha value is -2.03. The van der Waals surface area contributed by atoms with Crippen LogP contribution in [0.15, 0.2) is 41.9 Å². The second kappa shape index (κ2) is 8.55. The second-order valence-corrected chi connectivity index (χ2v) is 8.65. The van der Waals surface area contributed by atoms with E-state index in [1.165, 1.54) is 11.8 Å². The van der Waals surface area contributed by atoms with Gasteiger partial charge in [0.2, 0.25) is 5.91 Å². The van der Waals surface area contributed by atoms with E-state index in [0.29, 0.717) is 11.7 Å². The Bertz CT molecular complexity index is 752. The zero-order valence-corrected chi connectivity index (χ0v) is 17.3. The summed E-state index contributed by atoms with van der Waals surface area (Å²) in [4.78, 5) is 21.1. The van der Waals surface area contributed by atoms with Gasteiger partial charge in [-0.1, -0.05) is 17.8 Å². The molecule has 0 unspecified atom stereocenters. The minimum Gasteiger partial charge on any atom is -0.390 e. The first-order valence-electron chi connectivity index (χ1n) is 9.32. The number of aliphatic imine (C=N–C) groups is 1. The van der Waals surface area contributed by atoms with E-state index in [9.17, 15) is 15.0 Å². The Morgan fingerprint density at radius 2 is 2.00 bits per heavy atom. The fraction of sp³-hybridized carbons (Fsp3) is 0.500. The van der Waals surface area contributed by atoms with Crippen molar-refractivity contribution in [3.8, 4) is 0 Å². The number of hydrogen-bond acceptors (Lipinski definition) is 7. The van der Waals surface area contributed by atoms with Crippen molar-refractivity contribution in [3.05, 3.63) is 36.9 Å². The van der Waals surface area contributed by atoms with E-state index in [1.54, 1.807) is 18.0 Å². The summed E-state index contributed by atoms with van der Waals surface area (Å²) in [5.74, 6) is -0.461. The summed E-state index contributed by atoms with van der Waals surface area (Å²) < 4.78 is 0. The van der Waals surface area contributed by atoms with Gasteiger partial charge in [0.15, 0.2) is 5.17 Å². The van der Waals surface area contributed by atoms with Crippen molar-refractivity contribution in [2.45, 2.75) is 29.9 Å². The molecule has 0 aromatic heterocycles. The third kappa shape index (κ3) is 4.19. The predicted octanol–water partition coefficient (Wildman–Crippen LogP) is 1.39. The topological polar surface area (TPSA) is 88.4 Å². The van der Waals surface area contributed by atoms with Gasteiger partial charge in [-0.25, -0.2) is 0 Å². The minimum atomic E-state index is -0.971. The summed E-state index contributed by atoms with van der Waals surface area (Å²) in [5, 5.41) is 24.4. The number of hydrogen-bond donors (Lipinski definition) is 3. The monoisotopic (exact) mass is 404 g/mol. The van der Waals surface area contributed by atoms with Crippen LogP contribution in [0.4, 0.5) is 11.4 Å². The molecule has 1 fully saturated rings. The first-order chi connectivity index (χ1) is 13.3. The first-order valence-corrected chi connectivity index (χ1v) is 10.2. The van der Waals surface area contributed by atoms with E-state index in [4.69, 9.17) is 0 Å². The Balaban J connectivity index is 1.75. The fourth-order valence-electron chi connectivity index (χ4n) is 3.63. The largest absolute Gasteiger partial charge is 0.390 e. The molecule has 7 nitrogen and oxygen atoms in total. The number of carbonyl (C=O) groups is 1. The molecular formula is C20H28N4O3S. The summed E-state index contributed by atoms with van der Waals surface area (Å²) in [6.07, 6.45) is -0.0284. The van der Waals surface area contributed by atoms with Gasteiger partial charge in [-0.2, -0.15) is 0 Å². The number of fused-ring (bicyclic) bond motifs is 1. The second-order valence-electron chi connectivity index (χ2n) is 7.48. The number of carbonyl (C=O) groups excluding carboxylic acids is 1. The number of anilines is 2. The standard InChI is InChI=1S/C20H28N4O3S/c1-5-10-24(4)19(27)14-11-15(25)17(26)16-18(14)28-20(22-16)21-12-6-8-13(9-7-12)23(2)3/h5-9,14-18,25-26H,1,10-11H2,2-4H3,(H,21,22)/t14-,15+,16-,17-,18+/m0/s1. The van der Waals surface area contributed by atoms with E-state index in [-0.39, 0.29) is 17.6 Å². The minimum absolute atomic E-state index is 0.0554. The van der Waals surface area contributed by atoms with Crippen LogP contribution in [-0.2, 0) is 4.79 Å². The molecule has 1 aromatic rings. The highest BCUT2D eigenvalue weighted by atomic mass is 32.2. The number of benzene rings is 1. The zero-order valence-electron chi connectivity index (χ0n) is 16.4. The molecule has 1 aliphatic carbocycles. The molecule has 1 aromatic carbocycles. The number of amides is 1. The number of nitrogens with zero attached hydrogens (tertiary/aromatic N) is 3. The number of aliphatic hydroxyl groups is 2. The summed E-state index contributed by atoms with van der Waals surface area (Å²) >= 11 is 1.46. The van der Waals surface area contributed by atoms with Gasteiger partial charge in [0.25, 0.3) is 0 Å². The summed E-state index contributed by atoms with van der Waals surface area (Å²) in [7, 11) is 5.69. The first kappa shape index (κ1) is 20.7. The molecule has 3 N–H and O–H groups in total. The summed E-state index contributed by atoms with van der Waals surface area (Å²) in [6, 6.07) is 7.43. The number of rotatable bonds is 5. The molecule has 0 saturated heterocycles. The van der Waals surface area contributed by atoms with Crippen molar-refractivity contribution >= 4 is 34.2 Å². The number of likely N-dealkylation sites (N-methyl/N-ethyl adjacent to an activating group) is 1. The van der Waals surface area contributed by atoms with Gasteiger partial charge < -0.3 is 25.3 Å². The lowest BCUT2D eigenvalue weighted by Crippen LogP contribution is -2.54. The van der Waals surface area contributed by atoms with Gasteiger partial charge in [0.1, 0.15) is 6.10 Å². The van der Waals surface area contributed by atoms with Crippen LogP contribution in [0.25, 0.3) is 0 Å². The van der Waals surface area contributed by atoms with Crippen LogP contribution in [0.3, 0.4) is 0 Å². The Morgan fingerprint density at radius 1 is 1.32 bits per heavy atom. The van der Waals surface area contributed by atoms with Crippen LogP contribution in [0.5, 0.6) is 0 Å². The van der Waals surface area contributed by atoms with Gasteiger partial charge in [-0.05, 0) is 30.7 Å². The molecule has 0 bridgehead atoms. The van der Waals surface area contributed by atoms with Gasteiger partial charge in [-0.15, -0.1) is 6.58 Å². The molecule has 8 heteroatoms. The molecule has 28 heavy (non-hydrogen) atoms. The highest BCUT2D eigenvalue weighted by molar-refractivity contribution is 8.15. The van der Waals surface area contributed by atoms with Gasteiger partial charge in [-0.3, -0.25) is 9.79 Å². The molecule has 1 aliphatic heterocycles. The van der Waals surface area contributed by atoms with Crippen LogP contribution < -0.4 is 10.2 Å². The van der Waals surface area contributed by atoms with Crippen molar-refractivity contribution in [2.75, 3.05) is 37.9 Å². The van der Waals surface area contributed by atoms with Crippen LogP contribution >= 0.6 is 11.8 Å². The van der Waals surface area contributed by atoms with Crippen molar-refractivity contribution in [2.24, 2.45) is 10.9 Å². The van der Waals surface area contributed by atoms with Gasteiger partial charge >= 0.3 is 0 Å². The van der Waals surface area contributed by atoms with Crippen LogP contribution in [-0.4, -0.2) is 77.4 Å². The lowest BCUT2D eigenvalue weighted by molar-refractivity contribution is -0.138. The SMILES string of the molecule is C=CCN(C)C(=O)[C@H]1C[C@@H](O)[C@H](O)[C@@H]2N=C(Nc3ccc(N(C)C)cc3)S[C@@H]21. The fourth-order valence-corrected chi connectivity index (χ4v) is 5.00. The third-order valence-electron chi connectivity index (χ3n) is 5.22. The number of thioether (sulfide) groups is 1. The molecule has 5 atom stereocenters. The third-order valence-corrected chi connectivity index (χ3v) is 6.53. The molecule has 3 rings (SSSR count). The van der Waals surface area contributed by atoms with Crippen LogP contribution in [0.2, 0.25) is 0 Å². The number of amidine groups is 1. The molecule has 0 radical (unpaired) electrons. The maximum atomic E-state index is 12.8. The molecule has 2 aliphatic rings. The Labute approximate surface area is 170 Å². The molecule has 1 heterocycles. The maximum absolute atomic E-state index is 12.8. The smallest absolute Gasteiger partial charge is 0.227 e. The van der Waals surface area contributed by atoms with Crippen molar-refractivity contribution in [1.29, 1.82) is 0 Å². The van der Waals surface area contributed by atoms with Crippen LogP contribution in [0, 0.1) is 5.92 Å². The van der Waals surface area contributed by atoms with Crippen molar-refractivity contribution in [3.63, 3.8) is 0 Å². The molecule has 1 amide bonds. The molecular weight excluding hydrogens is 376 g/mol. The predicted molar refractivity (Wildman–Crippen MR) is 115 cm³/mol. The van der Waals surface area contributed by atoms with E-state index in [0.717, 1.165) is 11.4 Å². The summed E-state index contributed by atoms with van der Waals surface area (Å²) in [5.41, 5.74) is 1.98. The number of nitrogens with one attached hydrogen (secondary N) is 1. The van der Waals surface area contributed by atoms with E-state index >= 15 is 0 Å². The Kier molecular flexibility index (Phi) is 6.32. The zero-order chi connectivity index (χ0) is 20.4. The highest BCUT2D eigenvalue weighted by Gasteiger charge is 2.50. The molecule has 0 spiro atoms. The van der Waals surface area contributed by atoms with E-state index in [2.05, 4.69) is 16.9 Å². The lowest BCUT2D eigenvalue weighted by atomic mass is 9.80. The number of aliphatic hydroxyl groups excluding tert-OH is 2. The molecule has 152 valence electrons. The van der Waals surface area contributed by atoms with E-state index in [1.807, 2.05) is 43.3 Å². The van der Waals surface area contributed by atoms with Crippen molar-refractivity contribution < 1.29 is 15.0 Å². The van der Waals surface area contributed by atoms with Crippen molar-refractivity contribution in [1.82, 2.24) is 4.90 Å². The Morgan fingerprint density at radius 3 is 2.61 bits per heavy atom. The van der Waals surface area contributed by atoms with Gasteiger partial charge in [0.05, 0.1) is 18.1 Å². The highest BCUT2D eigenvalue weighted by Crippen LogP contribution is 2.42. The average molecular weight is 405 g/mol. The lowest BCUT2D eigenvalue weighted by Gasteiger charge is -2.38. The van der Waals surface area contributed by atoms with E-state index < -0.39 is 24.2 Å². The van der Waals surface area contributed by atoms with Crippen LogP contribution in [0.1, 0.15) is 6.42 Å². The quantitative estimate of drug-likeness (QED) is 0.643. The van der Waals surface area contributed by atoms with Gasteiger partial charge in [0, 0.05) is 44.3 Å². The molecule has 1 saturated carbocycles. The maximum Gasteiger partial charge on any atom is 0.227 e.